The highest BCUT2D eigenvalue weighted by molar-refractivity contribution is 4.55. The van der Waals surface area contributed by atoms with Crippen LogP contribution < -0.4 is 0 Å². The van der Waals surface area contributed by atoms with E-state index in [1.165, 1.54) is 0 Å². The second kappa shape index (κ2) is 2.14. The molecule has 2 nitrogen and oxygen atoms in total. The minimum absolute atomic E-state index is 0.306. The fraction of sp³-hybridized carbons (Fsp3) is 1.00. The lowest BCUT2D eigenvalue weighted by Crippen LogP contribution is -2.71. The van der Waals surface area contributed by atoms with Gasteiger partial charge in [0.05, 0.1) is 0 Å². The highest BCUT2D eigenvalue weighted by Gasteiger charge is 2.50. The third kappa shape index (κ3) is 1.05. The fourth-order valence-corrected chi connectivity index (χ4v) is 2.02. The molecule has 0 spiro atoms. The molecule has 0 unspecified atom stereocenters. The predicted octanol–water partition coefficient (Wildman–Crippen LogP) is 0.459. The number of piperazine rings is 3. The molecule has 3 fully saturated rings. The zero-order chi connectivity index (χ0) is 7.95. The van der Waals surface area contributed by atoms with Gasteiger partial charge >= 0.3 is 0 Å². The lowest BCUT2D eigenvalue weighted by Gasteiger charge is -2.48. The van der Waals surface area contributed by atoms with Crippen LogP contribution >= 0.6 is 0 Å². The van der Waals surface area contributed by atoms with Crippen LogP contribution in [-0.4, -0.2) is 55.3 Å². The van der Waals surface area contributed by atoms with Gasteiger partial charge in [-0.3, -0.25) is 4.48 Å². The average Bonchev–Trinajstić information content (AvgIpc) is 2.07. The van der Waals surface area contributed by atoms with Gasteiger partial charge in [0.2, 0.25) is 6.80 Å². The van der Waals surface area contributed by atoms with Crippen molar-refractivity contribution in [1.82, 2.24) is 0 Å². The Kier molecular flexibility index (Phi) is 1.44. The SMILES string of the molecule is FC[N+]12CC[N+](F)(CC1)CC2. The average molecular weight is 164 g/mol. The van der Waals surface area contributed by atoms with Gasteiger partial charge in [0.25, 0.3) is 0 Å². The zero-order valence-electron chi connectivity index (χ0n) is 6.60. The van der Waals surface area contributed by atoms with E-state index in [-0.39, 0.29) is 11.5 Å². The Hall–Kier alpha value is -0.220. The van der Waals surface area contributed by atoms with E-state index in [9.17, 15) is 8.87 Å². The van der Waals surface area contributed by atoms with Crippen molar-refractivity contribution in [2.45, 2.75) is 0 Å². The first kappa shape index (κ1) is 7.43. The summed E-state index contributed by atoms with van der Waals surface area (Å²) < 4.78 is 26.2. The Balaban J connectivity index is 2.12. The molecule has 3 aliphatic rings. The second-order valence-electron chi connectivity index (χ2n) is 3.83. The zero-order valence-corrected chi connectivity index (χ0v) is 6.60. The van der Waals surface area contributed by atoms with Gasteiger partial charge in [-0.1, -0.05) is 0 Å². The van der Waals surface area contributed by atoms with Gasteiger partial charge in [0, 0.05) is 0 Å². The molecule has 3 saturated heterocycles. The van der Waals surface area contributed by atoms with Crippen molar-refractivity contribution in [2.75, 3.05) is 46.1 Å². The third-order valence-electron chi connectivity index (χ3n) is 3.18. The molecule has 3 heterocycles. The highest BCUT2D eigenvalue weighted by atomic mass is 19.2. The van der Waals surface area contributed by atoms with E-state index >= 15 is 0 Å². The van der Waals surface area contributed by atoms with E-state index in [1.54, 1.807) is 0 Å². The number of hydrogen-bond acceptors (Lipinski definition) is 0. The number of hydrogen-bond donors (Lipinski definition) is 0. The van der Waals surface area contributed by atoms with E-state index in [2.05, 4.69) is 0 Å². The summed E-state index contributed by atoms with van der Waals surface area (Å²) in [5.41, 5.74) is 0. The highest BCUT2D eigenvalue weighted by Crippen LogP contribution is 2.26. The van der Waals surface area contributed by atoms with Crippen molar-refractivity contribution in [3.05, 3.63) is 0 Å². The topological polar surface area (TPSA) is 0 Å². The van der Waals surface area contributed by atoms with Crippen LogP contribution in [0, 0.1) is 0 Å². The van der Waals surface area contributed by atoms with Crippen LogP contribution in [0.4, 0.5) is 8.87 Å². The van der Waals surface area contributed by atoms with Crippen LogP contribution in [0.25, 0.3) is 0 Å². The Morgan fingerprint density at radius 1 is 0.909 bits per heavy atom. The summed E-state index contributed by atoms with van der Waals surface area (Å²) in [6.07, 6.45) is 0. The fourth-order valence-electron chi connectivity index (χ4n) is 2.02. The quantitative estimate of drug-likeness (QED) is 0.300. The largest absolute Gasteiger partial charge is 0.283 e. The molecule has 3 rings (SSSR count). The van der Waals surface area contributed by atoms with Crippen molar-refractivity contribution >= 4 is 0 Å². The second-order valence-corrected chi connectivity index (χ2v) is 3.83. The molecule has 0 saturated carbocycles. The molecule has 0 aromatic carbocycles. The first-order valence-electron chi connectivity index (χ1n) is 4.15. The van der Waals surface area contributed by atoms with Crippen LogP contribution in [0.2, 0.25) is 0 Å². The minimum Gasteiger partial charge on any atom is -0.283 e. The molecular weight excluding hydrogens is 150 g/mol. The Bertz CT molecular complexity index is 147. The lowest BCUT2D eigenvalue weighted by molar-refractivity contribution is -1.15. The maximum atomic E-state index is 13.5. The van der Waals surface area contributed by atoms with Gasteiger partial charge < -0.3 is 0 Å². The van der Waals surface area contributed by atoms with Crippen molar-refractivity contribution in [3.8, 4) is 0 Å². The molecule has 0 aliphatic carbocycles. The van der Waals surface area contributed by atoms with E-state index in [1.807, 2.05) is 0 Å². The first-order valence-corrected chi connectivity index (χ1v) is 4.15. The van der Waals surface area contributed by atoms with Crippen molar-refractivity contribution in [1.29, 1.82) is 0 Å². The first-order chi connectivity index (χ1) is 5.18. The maximum Gasteiger partial charge on any atom is 0.222 e. The van der Waals surface area contributed by atoms with Crippen LogP contribution in [0.15, 0.2) is 0 Å². The lowest BCUT2D eigenvalue weighted by atomic mass is 10.2. The normalized spacial score (nSPS) is 49.6. The van der Waals surface area contributed by atoms with Crippen LogP contribution in [0.1, 0.15) is 0 Å². The monoisotopic (exact) mass is 164 g/mol. The summed E-state index contributed by atoms with van der Waals surface area (Å²) in [7, 11) is 0. The summed E-state index contributed by atoms with van der Waals surface area (Å²) in [4.78, 5) is 0. The minimum atomic E-state index is -0.306. The molecule has 64 valence electrons. The van der Waals surface area contributed by atoms with Gasteiger partial charge in [-0.2, -0.15) is 4.39 Å². The molecule has 0 aromatic heterocycles. The van der Waals surface area contributed by atoms with Crippen LogP contribution in [0.3, 0.4) is 0 Å². The number of nitrogens with zero attached hydrogens (tertiary/aromatic N) is 2. The van der Waals surface area contributed by atoms with E-state index in [0.29, 0.717) is 43.8 Å². The van der Waals surface area contributed by atoms with Crippen molar-refractivity contribution < 1.29 is 18.1 Å². The summed E-state index contributed by atoms with van der Waals surface area (Å²) in [6, 6.07) is 0. The number of alkyl halides is 1. The van der Waals surface area contributed by atoms with Gasteiger partial charge in [0.15, 0.2) is 19.6 Å². The van der Waals surface area contributed by atoms with Gasteiger partial charge in [0.1, 0.15) is 19.6 Å². The Morgan fingerprint density at radius 3 is 1.73 bits per heavy atom. The molecule has 0 amide bonds. The third-order valence-corrected chi connectivity index (χ3v) is 3.18. The molecular formula is C7H14F2N2+2. The summed E-state index contributed by atoms with van der Waals surface area (Å²) in [5.74, 6) is 0. The van der Waals surface area contributed by atoms with Crippen molar-refractivity contribution in [3.63, 3.8) is 0 Å². The molecule has 0 atom stereocenters. The van der Waals surface area contributed by atoms with Gasteiger partial charge in [-0.25, -0.2) is 0 Å². The van der Waals surface area contributed by atoms with E-state index in [0.717, 1.165) is 0 Å². The summed E-state index contributed by atoms with van der Waals surface area (Å²) >= 11 is 0. The van der Waals surface area contributed by atoms with Gasteiger partial charge in [-0.15, -0.1) is 4.71 Å². The maximum absolute atomic E-state index is 13.5. The summed E-state index contributed by atoms with van der Waals surface area (Å²) in [5, 5.41) is 0. The smallest absolute Gasteiger partial charge is 0.222 e. The predicted molar refractivity (Wildman–Crippen MR) is 36.8 cm³/mol. The Labute approximate surface area is 65.1 Å². The van der Waals surface area contributed by atoms with E-state index < -0.39 is 0 Å². The molecule has 0 aromatic rings. The van der Waals surface area contributed by atoms with Gasteiger partial charge in [-0.05, 0) is 4.48 Å². The molecule has 11 heavy (non-hydrogen) atoms. The van der Waals surface area contributed by atoms with E-state index in [4.69, 9.17) is 0 Å². The Morgan fingerprint density at radius 2 is 1.36 bits per heavy atom. The van der Waals surface area contributed by atoms with Crippen LogP contribution in [-0.2, 0) is 0 Å². The molecule has 3 aliphatic heterocycles. The molecule has 4 heteroatoms. The number of halogens is 2. The molecule has 0 radical (unpaired) electrons. The molecule has 0 N–H and O–H groups in total. The standard InChI is InChI=1S/C7H14F2N2/c8-7-10-1-4-11(9,5-2-10)6-3-10/h1-7H2/q+2. The molecule has 2 bridgehead atoms. The summed E-state index contributed by atoms with van der Waals surface area (Å²) in [6.45, 7) is 3.31. The van der Waals surface area contributed by atoms with Crippen molar-refractivity contribution in [2.24, 2.45) is 0 Å². The number of quaternary nitrogens is 2. The van der Waals surface area contributed by atoms with Crippen LogP contribution in [0.5, 0.6) is 0 Å². The number of rotatable bonds is 1. The number of fused-ring (bicyclic) bond motifs is 3.